The predicted molar refractivity (Wildman–Crippen MR) is 86.8 cm³/mol. The average molecular weight is 362 g/mol. The van der Waals surface area contributed by atoms with E-state index in [4.69, 9.17) is 26.0 Å². The van der Waals surface area contributed by atoms with Gasteiger partial charge in [-0.3, -0.25) is 14.4 Å². The molecular weight excluding hydrogens is 350 g/mol. The van der Waals surface area contributed by atoms with Crippen LogP contribution in [-0.4, -0.2) is 30.9 Å². The Kier molecular flexibility index (Phi) is 6.14. The summed E-state index contributed by atoms with van der Waals surface area (Å²) >= 11 is 5.85. The molecule has 0 aliphatic heterocycles. The first-order valence-corrected chi connectivity index (χ1v) is 7.34. The molecule has 0 aliphatic carbocycles. The summed E-state index contributed by atoms with van der Waals surface area (Å²) in [5.41, 5.74) is 0.634. The van der Waals surface area contributed by atoms with Gasteiger partial charge in [-0.1, -0.05) is 11.6 Å². The van der Waals surface area contributed by atoms with Gasteiger partial charge in [-0.2, -0.15) is 5.26 Å². The highest BCUT2D eigenvalue weighted by Crippen LogP contribution is 2.20. The summed E-state index contributed by atoms with van der Waals surface area (Å²) in [5, 5.41) is 13.7. The fourth-order valence-corrected chi connectivity index (χ4v) is 1.95. The van der Waals surface area contributed by atoms with E-state index in [-0.39, 0.29) is 16.3 Å². The molecule has 2 rings (SSSR count). The van der Waals surface area contributed by atoms with Crippen molar-refractivity contribution >= 4 is 35.1 Å². The van der Waals surface area contributed by atoms with E-state index in [2.05, 4.69) is 10.6 Å². The van der Waals surface area contributed by atoms with Gasteiger partial charge in [-0.15, -0.1) is 0 Å². The number of esters is 1. The van der Waals surface area contributed by atoms with Crippen LogP contribution in [-0.2, 0) is 14.3 Å². The van der Waals surface area contributed by atoms with Gasteiger partial charge in [0.05, 0.1) is 16.8 Å². The van der Waals surface area contributed by atoms with E-state index in [1.165, 1.54) is 36.6 Å². The molecule has 2 amide bonds. The molecule has 1 aromatic carbocycles. The molecule has 128 valence electrons. The summed E-state index contributed by atoms with van der Waals surface area (Å²) in [6.07, 6.45) is 1.33. The minimum atomic E-state index is -0.784. The van der Waals surface area contributed by atoms with Gasteiger partial charge in [0.25, 0.3) is 11.8 Å². The lowest BCUT2D eigenvalue weighted by atomic mass is 10.2. The third kappa shape index (κ3) is 5.37. The molecule has 2 N–H and O–H groups in total. The summed E-state index contributed by atoms with van der Waals surface area (Å²) in [7, 11) is 0. The number of nitrogens with zero attached hydrogens (tertiary/aromatic N) is 1. The topological polar surface area (TPSA) is 121 Å². The molecule has 0 fully saturated rings. The first-order chi connectivity index (χ1) is 12.0. The molecule has 0 saturated heterocycles. The number of carbonyl (C=O) groups is 3. The number of halogens is 1. The van der Waals surface area contributed by atoms with E-state index in [9.17, 15) is 14.4 Å². The minimum absolute atomic E-state index is 0.0586. The van der Waals surface area contributed by atoms with E-state index in [0.717, 1.165) is 0 Å². The van der Waals surface area contributed by atoms with Gasteiger partial charge in [-0.05, 0) is 30.3 Å². The van der Waals surface area contributed by atoms with E-state index >= 15 is 0 Å². The van der Waals surface area contributed by atoms with Gasteiger partial charge in [0.15, 0.2) is 12.4 Å². The second-order valence-corrected chi connectivity index (χ2v) is 5.08. The zero-order valence-electron chi connectivity index (χ0n) is 12.7. The van der Waals surface area contributed by atoms with Gasteiger partial charge >= 0.3 is 5.97 Å². The molecule has 0 spiro atoms. The van der Waals surface area contributed by atoms with Crippen LogP contribution in [0.25, 0.3) is 0 Å². The molecule has 1 aromatic heterocycles. The third-order valence-corrected chi connectivity index (χ3v) is 3.19. The fourth-order valence-electron chi connectivity index (χ4n) is 1.72. The standard InChI is InChI=1S/C16H12ClN3O5/c17-12-6-11(4-3-10(12)7-18)20-14(21)9-25-15(22)8-19-16(23)13-2-1-5-24-13/h1-6H,8-9H2,(H,19,23)(H,20,21). The van der Waals surface area contributed by atoms with E-state index in [1.807, 2.05) is 6.07 Å². The number of rotatable bonds is 6. The Morgan fingerprint density at radius 1 is 1.28 bits per heavy atom. The van der Waals surface area contributed by atoms with Gasteiger partial charge in [0.2, 0.25) is 0 Å². The summed E-state index contributed by atoms with van der Waals surface area (Å²) in [4.78, 5) is 34.8. The minimum Gasteiger partial charge on any atom is -0.459 e. The Bertz CT molecular complexity index is 827. The Hall–Kier alpha value is -3.31. The van der Waals surface area contributed by atoms with Crippen LogP contribution >= 0.6 is 11.6 Å². The number of furan rings is 1. The molecular formula is C16H12ClN3O5. The number of nitriles is 1. The van der Waals surface area contributed by atoms with E-state index < -0.39 is 30.9 Å². The van der Waals surface area contributed by atoms with Crippen LogP contribution in [0.2, 0.25) is 5.02 Å². The van der Waals surface area contributed by atoms with Crippen LogP contribution in [0, 0.1) is 11.3 Å². The third-order valence-electron chi connectivity index (χ3n) is 2.88. The van der Waals surface area contributed by atoms with Crippen molar-refractivity contribution in [1.29, 1.82) is 5.26 Å². The van der Waals surface area contributed by atoms with Gasteiger partial charge < -0.3 is 19.8 Å². The van der Waals surface area contributed by atoms with Crippen molar-refractivity contribution in [3.63, 3.8) is 0 Å². The maximum atomic E-state index is 11.7. The predicted octanol–water partition coefficient (Wildman–Crippen LogP) is 1.72. The number of hydrogen-bond acceptors (Lipinski definition) is 6. The van der Waals surface area contributed by atoms with Crippen LogP contribution in [0.5, 0.6) is 0 Å². The van der Waals surface area contributed by atoms with Gasteiger partial charge in [0, 0.05) is 5.69 Å². The Morgan fingerprint density at radius 2 is 2.08 bits per heavy atom. The summed E-state index contributed by atoms with van der Waals surface area (Å²) < 4.78 is 9.60. The van der Waals surface area contributed by atoms with Crippen molar-refractivity contribution in [2.75, 3.05) is 18.5 Å². The normalized spacial score (nSPS) is 9.76. The second-order valence-electron chi connectivity index (χ2n) is 4.68. The molecule has 25 heavy (non-hydrogen) atoms. The summed E-state index contributed by atoms with van der Waals surface area (Å²) in [6.45, 7) is -0.942. The number of anilines is 1. The van der Waals surface area contributed by atoms with Crippen molar-refractivity contribution in [1.82, 2.24) is 5.32 Å². The van der Waals surface area contributed by atoms with Crippen LogP contribution in [0.4, 0.5) is 5.69 Å². The molecule has 2 aromatic rings. The monoisotopic (exact) mass is 361 g/mol. The van der Waals surface area contributed by atoms with Crippen LogP contribution in [0.1, 0.15) is 16.1 Å². The molecule has 1 heterocycles. The number of hydrogen-bond donors (Lipinski definition) is 2. The number of ether oxygens (including phenoxy) is 1. The smallest absolute Gasteiger partial charge is 0.325 e. The van der Waals surface area contributed by atoms with Crippen molar-refractivity contribution in [2.24, 2.45) is 0 Å². The second kappa shape index (κ2) is 8.52. The zero-order valence-corrected chi connectivity index (χ0v) is 13.5. The van der Waals surface area contributed by atoms with Crippen LogP contribution < -0.4 is 10.6 Å². The maximum Gasteiger partial charge on any atom is 0.325 e. The fraction of sp³-hybridized carbons (Fsp3) is 0.125. The van der Waals surface area contributed by atoms with Crippen LogP contribution in [0.3, 0.4) is 0 Å². The molecule has 8 nitrogen and oxygen atoms in total. The van der Waals surface area contributed by atoms with E-state index in [0.29, 0.717) is 5.69 Å². The summed E-state index contributed by atoms with van der Waals surface area (Å²) in [6, 6.07) is 9.22. The average Bonchev–Trinajstić information content (AvgIpc) is 3.12. The van der Waals surface area contributed by atoms with Gasteiger partial charge in [0.1, 0.15) is 12.6 Å². The van der Waals surface area contributed by atoms with Crippen molar-refractivity contribution in [2.45, 2.75) is 0 Å². The van der Waals surface area contributed by atoms with Crippen molar-refractivity contribution in [3.8, 4) is 6.07 Å². The number of carbonyl (C=O) groups excluding carboxylic acids is 3. The molecule has 0 aliphatic rings. The zero-order chi connectivity index (χ0) is 18.2. The molecule has 0 radical (unpaired) electrons. The van der Waals surface area contributed by atoms with Crippen molar-refractivity contribution < 1.29 is 23.5 Å². The summed E-state index contributed by atoms with van der Waals surface area (Å²) in [5.74, 6) is -1.89. The Morgan fingerprint density at radius 3 is 2.72 bits per heavy atom. The molecule has 0 bridgehead atoms. The first kappa shape index (κ1) is 18.0. The Balaban J connectivity index is 1.74. The molecule has 0 atom stereocenters. The quantitative estimate of drug-likeness (QED) is 0.755. The lowest BCUT2D eigenvalue weighted by Crippen LogP contribution is -2.32. The SMILES string of the molecule is N#Cc1ccc(NC(=O)COC(=O)CNC(=O)c2ccco2)cc1Cl. The highest BCUT2D eigenvalue weighted by molar-refractivity contribution is 6.32. The largest absolute Gasteiger partial charge is 0.459 e. The first-order valence-electron chi connectivity index (χ1n) is 6.96. The van der Waals surface area contributed by atoms with Crippen LogP contribution in [0.15, 0.2) is 41.0 Å². The van der Waals surface area contributed by atoms with Crippen molar-refractivity contribution in [3.05, 3.63) is 52.9 Å². The Labute approximate surface area is 147 Å². The highest BCUT2D eigenvalue weighted by Gasteiger charge is 2.12. The number of benzene rings is 1. The molecule has 9 heteroatoms. The van der Waals surface area contributed by atoms with Gasteiger partial charge in [-0.25, -0.2) is 0 Å². The lowest BCUT2D eigenvalue weighted by molar-refractivity contribution is -0.146. The number of amides is 2. The molecule has 0 unspecified atom stereocenters. The van der Waals surface area contributed by atoms with E-state index in [1.54, 1.807) is 0 Å². The lowest BCUT2D eigenvalue weighted by Gasteiger charge is -2.07. The maximum absolute atomic E-state index is 11.7. The highest BCUT2D eigenvalue weighted by atomic mass is 35.5. The molecule has 0 saturated carbocycles. The number of nitrogens with one attached hydrogen (secondary N) is 2.